The quantitative estimate of drug-likeness (QED) is 0.889. The fraction of sp³-hybridized carbons (Fsp3) is 0.417. The highest BCUT2D eigenvalue weighted by molar-refractivity contribution is 9.10. The van der Waals surface area contributed by atoms with Gasteiger partial charge >= 0.3 is 5.97 Å². The summed E-state index contributed by atoms with van der Waals surface area (Å²) in [4.78, 5) is 12.6. The van der Waals surface area contributed by atoms with Gasteiger partial charge in [0.2, 0.25) is 0 Å². The van der Waals surface area contributed by atoms with E-state index in [1.165, 1.54) is 6.07 Å². The number of halogens is 2. The Morgan fingerprint density at radius 2 is 2.28 bits per heavy atom. The molecule has 0 radical (unpaired) electrons. The summed E-state index contributed by atoms with van der Waals surface area (Å²) >= 11 is 3.17. The first-order valence-corrected chi connectivity index (χ1v) is 6.35. The summed E-state index contributed by atoms with van der Waals surface area (Å²) in [7, 11) is 0. The van der Waals surface area contributed by atoms with Crippen LogP contribution in [-0.4, -0.2) is 39.8 Å². The third kappa shape index (κ3) is 2.88. The molecule has 0 spiro atoms. The molecule has 2 unspecified atom stereocenters. The van der Waals surface area contributed by atoms with Crippen molar-refractivity contribution in [2.45, 2.75) is 25.1 Å². The van der Waals surface area contributed by atoms with Crippen molar-refractivity contribution >= 4 is 21.9 Å². The lowest BCUT2D eigenvalue weighted by Gasteiger charge is -2.20. The molecular formula is C12H13BrFNO3. The number of hydrogen-bond acceptors (Lipinski definition) is 3. The Hall–Kier alpha value is -0.980. The Morgan fingerprint density at radius 3 is 2.89 bits per heavy atom. The van der Waals surface area contributed by atoms with Crippen LogP contribution in [0.2, 0.25) is 0 Å². The lowest BCUT2D eigenvalue weighted by molar-refractivity contribution is -0.142. The van der Waals surface area contributed by atoms with E-state index in [0.29, 0.717) is 10.0 Å². The molecule has 1 heterocycles. The largest absolute Gasteiger partial charge is 0.480 e. The highest BCUT2D eigenvalue weighted by atomic mass is 79.9. The average molecular weight is 318 g/mol. The summed E-state index contributed by atoms with van der Waals surface area (Å²) in [6.07, 6.45) is -0.474. The Bertz CT molecular complexity index is 469. The number of likely N-dealkylation sites (tertiary alicyclic amines) is 1. The van der Waals surface area contributed by atoms with Gasteiger partial charge in [0.25, 0.3) is 0 Å². The predicted molar refractivity (Wildman–Crippen MR) is 66.6 cm³/mol. The maximum absolute atomic E-state index is 13.7. The van der Waals surface area contributed by atoms with Gasteiger partial charge in [-0.3, -0.25) is 9.69 Å². The van der Waals surface area contributed by atoms with Gasteiger partial charge in [0.1, 0.15) is 11.9 Å². The lowest BCUT2D eigenvalue weighted by Crippen LogP contribution is -2.35. The normalized spacial score (nSPS) is 24.4. The number of hydrogen-bond donors (Lipinski definition) is 2. The molecule has 1 saturated heterocycles. The number of aliphatic hydroxyl groups excluding tert-OH is 1. The van der Waals surface area contributed by atoms with Gasteiger partial charge in [-0.2, -0.15) is 0 Å². The minimum atomic E-state index is -0.982. The van der Waals surface area contributed by atoms with Crippen LogP contribution in [0.3, 0.4) is 0 Å². The molecule has 1 aromatic rings. The molecule has 2 N–H and O–H groups in total. The molecule has 0 aromatic heterocycles. The van der Waals surface area contributed by atoms with Crippen molar-refractivity contribution in [2.75, 3.05) is 6.54 Å². The number of aliphatic hydroxyl groups is 1. The molecule has 1 aliphatic heterocycles. The second-order valence-corrected chi connectivity index (χ2v) is 5.32. The van der Waals surface area contributed by atoms with Crippen molar-refractivity contribution in [3.05, 3.63) is 34.1 Å². The highest BCUT2D eigenvalue weighted by Crippen LogP contribution is 2.23. The van der Waals surface area contributed by atoms with E-state index >= 15 is 0 Å². The van der Waals surface area contributed by atoms with E-state index < -0.39 is 18.1 Å². The zero-order valence-corrected chi connectivity index (χ0v) is 11.1. The molecule has 98 valence electrons. The van der Waals surface area contributed by atoms with E-state index in [2.05, 4.69) is 15.9 Å². The second kappa shape index (κ2) is 5.34. The molecule has 0 saturated carbocycles. The number of carboxylic acid groups (broad SMARTS) is 1. The molecule has 6 heteroatoms. The summed E-state index contributed by atoms with van der Waals surface area (Å²) in [5.41, 5.74) is 0.429. The monoisotopic (exact) mass is 317 g/mol. The fourth-order valence-corrected chi connectivity index (χ4v) is 2.51. The first-order valence-electron chi connectivity index (χ1n) is 5.56. The van der Waals surface area contributed by atoms with Gasteiger partial charge in [-0.15, -0.1) is 0 Å². The maximum Gasteiger partial charge on any atom is 0.321 e. The molecule has 0 aliphatic carbocycles. The van der Waals surface area contributed by atoms with Crippen LogP contribution in [-0.2, 0) is 11.3 Å². The number of aliphatic carboxylic acids is 1. The molecule has 4 nitrogen and oxygen atoms in total. The van der Waals surface area contributed by atoms with Crippen LogP contribution in [0.1, 0.15) is 12.0 Å². The minimum absolute atomic E-state index is 0.188. The Balaban J connectivity index is 2.15. The van der Waals surface area contributed by atoms with Gasteiger partial charge in [0.15, 0.2) is 0 Å². The molecule has 18 heavy (non-hydrogen) atoms. The molecule has 1 aliphatic rings. The number of benzene rings is 1. The van der Waals surface area contributed by atoms with Crippen molar-refractivity contribution in [3.8, 4) is 0 Å². The van der Waals surface area contributed by atoms with E-state index in [1.54, 1.807) is 17.0 Å². The van der Waals surface area contributed by atoms with Crippen molar-refractivity contribution in [1.29, 1.82) is 0 Å². The van der Waals surface area contributed by atoms with Crippen molar-refractivity contribution in [1.82, 2.24) is 4.90 Å². The standard InChI is InChI=1S/C12H13BrFNO3/c13-8-2-1-7(10(14)3-8)5-15-6-9(16)4-11(15)12(17)18/h1-3,9,11,16H,4-6H2,(H,17,18). The van der Waals surface area contributed by atoms with Crippen LogP contribution in [0.25, 0.3) is 0 Å². The van der Waals surface area contributed by atoms with Crippen molar-refractivity contribution < 1.29 is 19.4 Å². The van der Waals surface area contributed by atoms with Gasteiger partial charge in [-0.1, -0.05) is 22.0 Å². The van der Waals surface area contributed by atoms with E-state index in [1.807, 2.05) is 0 Å². The van der Waals surface area contributed by atoms with Gasteiger partial charge in [-0.25, -0.2) is 4.39 Å². The van der Waals surface area contributed by atoms with E-state index in [-0.39, 0.29) is 25.3 Å². The highest BCUT2D eigenvalue weighted by Gasteiger charge is 2.36. The summed E-state index contributed by atoms with van der Waals surface area (Å²) < 4.78 is 14.3. The predicted octanol–water partition coefficient (Wildman–Crippen LogP) is 1.61. The van der Waals surface area contributed by atoms with Crippen LogP contribution in [0.15, 0.2) is 22.7 Å². The van der Waals surface area contributed by atoms with Gasteiger partial charge < -0.3 is 10.2 Å². The third-order valence-electron chi connectivity index (χ3n) is 3.05. The zero-order valence-electron chi connectivity index (χ0n) is 9.51. The van der Waals surface area contributed by atoms with Crippen molar-refractivity contribution in [3.63, 3.8) is 0 Å². The van der Waals surface area contributed by atoms with Crippen LogP contribution in [0, 0.1) is 5.82 Å². The summed E-state index contributed by atoms with van der Waals surface area (Å²) in [6, 6.07) is 3.92. The third-order valence-corrected chi connectivity index (χ3v) is 3.55. The first kappa shape index (κ1) is 13.5. The molecule has 1 fully saturated rings. The lowest BCUT2D eigenvalue weighted by atomic mass is 10.1. The second-order valence-electron chi connectivity index (χ2n) is 4.41. The fourth-order valence-electron chi connectivity index (χ4n) is 2.18. The molecular weight excluding hydrogens is 305 g/mol. The van der Waals surface area contributed by atoms with Crippen LogP contribution >= 0.6 is 15.9 Å². The van der Waals surface area contributed by atoms with Gasteiger partial charge in [-0.05, 0) is 12.1 Å². The Kier molecular flexibility index (Phi) is 3.99. The molecule has 1 aromatic carbocycles. The number of rotatable bonds is 3. The number of nitrogens with zero attached hydrogens (tertiary/aromatic N) is 1. The summed E-state index contributed by atoms with van der Waals surface area (Å²) in [5.74, 6) is -1.36. The summed E-state index contributed by atoms with van der Waals surface area (Å²) in [6.45, 7) is 0.444. The minimum Gasteiger partial charge on any atom is -0.480 e. The molecule has 0 amide bonds. The van der Waals surface area contributed by atoms with Crippen LogP contribution < -0.4 is 0 Å². The first-order chi connectivity index (χ1) is 8.47. The number of carbonyl (C=O) groups is 1. The number of β-amino-alcohol motifs (C(OH)–C–C–N with tert-alkyl or cyclic N) is 1. The summed E-state index contributed by atoms with van der Waals surface area (Å²) in [5, 5.41) is 18.5. The Morgan fingerprint density at radius 1 is 1.56 bits per heavy atom. The van der Waals surface area contributed by atoms with E-state index in [9.17, 15) is 14.3 Å². The maximum atomic E-state index is 13.7. The Labute approximate surface area is 112 Å². The van der Waals surface area contributed by atoms with Crippen LogP contribution in [0.5, 0.6) is 0 Å². The van der Waals surface area contributed by atoms with Crippen LogP contribution in [0.4, 0.5) is 4.39 Å². The van der Waals surface area contributed by atoms with E-state index in [4.69, 9.17) is 5.11 Å². The van der Waals surface area contributed by atoms with E-state index in [0.717, 1.165) is 0 Å². The zero-order chi connectivity index (χ0) is 13.3. The van der Waals surface area contributed by atoms with Gasteiger partial charge in [0.05, 0.1) is 6.10 Å². The van der Waals surface area contributed by atoms with Crippen molar-refractivity contribution in [2.24, 2.45) is 0 Å². The molecule has 2 rings (SSSR count). The topological polar surface area (TPSA) is 60.8 Å². The smallest absolute Gasteiger partial charge is 0.321 e. The molecule has 2 atom stereocenters. The van der Waals surface area contributed by atoms with Gasteiger partial charge in [0, 0.05) is 29.5 Å². The number of carboxylic acids is 1. The average Bonchev–Trinajstić information content (AvgIpc) is 2.64. The molecule has 0 bridgehead atoms. The SMILES string of the molecule is O=C(O)C1CC(O)CN1Cc1ccc(Br)cc1F.